The van der Waals surface area contributed by atoms with Gasteiger partial charge in [-0.1, -0.05) is 30.3 Å². The highest BCUT2D eigenvalue weighted by Crippen LogP contribution is 2.22. The molecule has 220 valence electrons. The second-order valence-electron chi connectivity index (χ2n) is 10.4. The van der Waals surface area contributed by atoms with Gasteiger partial charge in [0.2, 0.25) is 21.8 Å². The van der Waals surface area contributed by atoms with Crippen molar-refractivity contribution in [3.8, 4) is 0 Å². The van der Waals surface area contributed by atoms with Gasteiger partial charge < -0.3 is 26.0 Å². The summed E-state index contributed by atoms with van der Waals surface area (Å²) in [4.78, 5) is 41.3. The monoisotopic (exact) mass is 584 g/mol. The van der Waals surface area contributed by atoms with Crippen molar-refractivity contribution in [3.63, 3.8) is 0 Å². The average molecular weight is 585 g/mol. The van der Waals surface area contributed by atoms with Crippen LogP contribution in [0.15, 0.2) is 59.5 Å². The molecular weight excluding hydrogens is 548 g/mol. The molecule has 2 aromatic carbocycles. The zero-order valence-corrected chi connectivity index (χ0v) is 23.5. The number of carboxylic acids is 1. The molecular formula is C28H36N6O6S. The van der Waals surface area contributed by atoms with Crippen LogP contribution < -0.4 is 15.8 Å². The summed E-state index contributed by atoms with van der Waals surface area (Å²) >= 11 is 0. The van der Waals surface area contributed by atoms with Gasteiger partial charge in [-0.15, -0.1) is 0 Å². The smallest absolute Gasteiger partial charge is 0.335 e. The number of aromatic carboxylic acids is 1. The molecule has 0 unspecified atom stereocenters. The fourth-order valence-electron chi connectivity index (χ4n) is 5.31. The van der Waals surface area contributed by atoms with E-state index in [-0.39, 0.29) is 34.7 Å². The van der Waals surface area contributed by atoms with E-state index in [0.717, 1.165) is 18.4 Å². The molecule has 2 aliphatic rings. The Bertz CT molecular complexity index is 1360. The molecule has 2 aromatic rings. The summed E-state index contributed by atoms with van der Waals surface area (Å²) in [6, 6.07) is 11.9. The van der Waals surface area contributed by atoms with Crippen molar-refractivity contribution in [3.05, 3.63) is 65.7 Å². The summed E-state index contributed by atoms with van der Waals surface area (Å²) in [6.45, 7) is 2.10. The molecule has 0 bridgehead atoms. The van der Waals surface area contributed by atoms with Crippen molar-refractivity contribution in [1.29, 1.82) is 5.41 Å². The Balaban J connectivity index is 1.46. The van der Waals surface area contributed by atoms with Gasteiger partial charge in [-0.05, 0) is 67.9 Å². The van der Waals surface area contributed by atoms with Gasteiger partial charge >= 0.3 is 5.97 Å². The van der Waals surface area contributed by atoms with Crippen molar-refractivity contribution >= 4 is 33.8 Å². The number of amides is 2. The molecule has 2 aliphatic heterocycles. The van der Waals surface area contributed by atoms with Crippen LogP contribution in [0.2, 0.25) is 0 Å². The number of hydrogen-bond acceptors (Lipinski definition) is 6. The number of benzene rings is 2. The van der Waals surface area contributed by atoms with E-state index in [1.807, 2.05) is 6.07 Å². The van der Waals surface area contributed by atoms with Crippen LogP contribution in [0.3, 0.4) is 0 Å². The zero-order valence-electron chi connectivity index (χ0n) is 22.7. The van der Waals surface area contributed by atoms with Crippen LogP contribution >= 0.6 is 0 Å². The van der Waals surface area contributed by atoms with Crippen molar-refractivity contribution in [2.45, 2.75) is 49.1 Å². The molecule has 0 radical (unpaired) electrons. The lowest BCUT2D eigenvalue weighted by Gasteiger charge is -2.33. The summed E-state index contributed by atoms with van der Waals surface area (Å²) in [7, 11) is -4.19. The van der Waals surface area contributed by atoms with Crippen LogP contribution in [-0.4, -0.2) is 85.3 Å². The number of likely N-dealkylation sites (tertiary alicyclic amines) is 2. The van der Waals surface area contributed by atoms with Gasteiger partial charge in [-0.3, -0.25) is 15.0 Å². The summed E-state index contributed by atoms with van der Waals surface area (Å²) < 4.78 is 29.0. The van der Waals surface area contributed by atoms with Crippen LogP contribution in [-0.2, 0) is 26.0 Å². The quantitative estimate of drug-likeness (QED) is 0.202. The van der Waals surface area contributed by atoms with E-state index in [2.05, 4.69) is 10.0 Å². The molecule has 0 saturated carbocycles. The maximum atomic E-state index is 13.8. The lowest BCUT2D eigenvalue weighted by molar-refractivity contribution is -0.139. The Morgan fingerprint density at radius 3 is 2.27 bits per heavy atom. The Kier molecular flexibility index (Phi) is 9.61. The molecule has 2 atom stereocenters. The van der Waals surface area contributed by atoms with Gasteiger partial charge in [-0.2, -0.15) is 4.72 Å². The maximum Gasteiger partial charge on any atom is 0.335 e. The Hall–Kier alpha value is -3.97. The number of sulfonamides is 1. The lowest BCUT2D eigenvalue weighted by atomic mass is 9.97. The maximum absolute atomic E-state index is 13.8. The minimum Gasteiger partial charge on any atom is -0.478 e. The molecule has 12 nitrogen and oxygen atoms in total. The molecule has 2 saturated heterocycles. The number of carbonyl (C=O) groups excluding carboxylic acids is 2. The molecule has 2 heterocycles. The first-order chi connectivity index (χ1) is 19.5. The summed E-state index contributed by atoms with van der Waals surface area (Å²) in [5.74, 6) is -1.66. The number of carboxylic acid groups (broad SMARTS) is 1. The number of nitrogens with zero attached hydrogens (tertiary/aromatic N) is 2. The second-order valence-corrected chi connectivity index (χ2v) is 12.2. The van der Waals surface area contributed by atoms with E-state index in [0.29, 0.717) is 39.0 Å². The molecule has 41 heavy (non-hydrogen) atoms. The van der Waals surface area contributed by atoms with Crippen LogP contribution in [0.5, 0.6) is 0 Å². The molecule has 0 aliphatic carbocycles. The van der Waals surface area contributed by atoms with Crippen molar-refractivity contribution in [1.82, 2.24) is 19.8 Å². The second kappa shape index (κ2) is 13.1. The van der Waals surface area contributed by atoms with Gasteiger partial charge in [0.15, 0.2) is 5.96 Å². The lowest BCUT2D eigenvalue weighted by Crippen LogP contribution is -2.54. The van der Waals surface area contributed by atoms with Crippen molar-refractivity contribution in [2.24, 2.45) is 11.7 Å². The first-order valence-corrected chi connectivity index (χ1v) is 15.1. The first kappa shape index (κ1) is 30.0. The topological polar surface area (TPSA) is 186 Å². The zero-order chi connectivity index (χ0) is 29.6. The minimum atomic E-state index is -4.19. The third-order valence-electron chi connectivity index (χ3n) is 7.65. The average Bonchev–Trinajstić information content (AvgIpc) is 3.46. The summed E-state index contributed by atoms with van der Waals surface area (Å²) in [6.07, 6.45) is 2.75. The third-order valence-corrected chi connectivity index (χ3v) is 9.14. The first-order valence-electron chi connectivity index (χ1n) is 13.6. The van der Waals surface area contributed by atoms with Crippen molar-refractivity contribution < 1.29 is 27.9 Å². The van der Waals surface area contributed by atoms with Crippen LogP contribution in [0.1, 0.15) is 41.6 Å². The van der Waals surface area contributed by atoms with Gasteiger partial charge in [-0.25, -0.2) is 13.2 Å². The number of guanidine groups is 1. The number of rotatable bonds is 10. The fraction of sp³-hybridized carbons (Fsp3) is 0.429. The highest BCUT2D eigenvalue weighted by molar-refractivity contribution is 7.89. The number of carbonyl (C=O) groups is 3. The Morgan fingerprint density at radius 2 is 1.66 bits per heavy atom. The van der Waals surface area contributed by atoms with Crippen molar-refractivity contribution in [2.75, 3.05) is 26.2 Å². The molecule has 0 aromatic heterocycles. The van der Waals surface area contributed by atoms with Gasteiger partial charge in [0.25, 0.3) is 0 Å². The normalized spacial score (nSPS) is 18.6. The highest BCUT2D eigenvalue weighted by Gasteiger charge is 2.39. The third kappa shape index (κ3) is 7.61. The Morgan fingerprint density at radius 1 is 1.00 bits per heavy atom. The van der Waals surface area contributed by atoms with E-state index < -0.39 is 34.0 Å². The predicted molar refractivity (Wildman–Crippen MR) is 152 cm³/mol. The molecule has 13 heteroatoms. The SMILES string of the molecule is N=C(N)N1CCC(CNC(=O)[C@@H]2CCCN2C(=O)[C@@H](Cc2ccccc2)NS(=O)(=O)c2ccc(C(=O)O)cc2)CC1. The van der Waals surface area contributed by atoms with Gasteiger partial charge in [0.05, 0.1) is 10.5 Å². The highest BCUT2D eigenvalue weighted by atomic mass is 32.2. The van der Waals surface area contributed by atoms with Gasteiger partial charge in [0.1, 0.15) is 12.1 Å². The Labute approximate surface area is 239 Å². The summed E-state index contributed by atoms with van der Waals surface area (Å²) in [5, 5.41) is 19.7. The largest absolute Gasteiger partial charge is 0.478 e. The molecule has 2 fully saturated rings. The molecule has 2 amide bonds. The van der Waals surface area contributed by atoms with Crippen LogP contribution in [0, 0.1) is 11.3 Å². The van der Waals surface area contributed by atoms with E-state index in [4.69, 9.17) is 16.2 Å². The van der Waals surface area contributed by atoms with E-state index >= 15 is 0 Å². The standard InChI is InChI=1S/C28H36N6O6S/c29-28(30)33-15-12-20(13-16-33)18-31-25(35)24-7-4-14-34(24)26(36)23(17-19-5-2-1-3-6-19)32-41(39,40)22-10-8-21(9-11-22)27(37)38/h1-3,5-6,8-11,20,23-24,32H,4,7,12-18H2,(H3,29,30)(H,31,35)(H,37,38)/t23-,24+/m1/s1. The molecule has 4 rings (SSSR count). The van der Waals surface area contributed by atoms with Gasteiger partial charge in [0, 0.05) is 26.2 Å². The molecule has 6 N–H and O–H groups in total. The van der Waals surface area contributed by atoms with Crippen LogP contribution in [0.4, 0.5) is 0 Å². The van der Waals surface area contributed by atoms with E-state index in [1.165, 1.54) is 29.2 Å². The number of nitrogens with one attached hydrogen (secondary N) is 3. The van der Waals surface area contributed by atoms with E-state index in [9.17, 15) is 22.8 Å². The molecule has 0 spiro atoms. The number of piperidine rings is 1. The van der Waals surface area contributed by atoms with Crippen LogP contribution in [0.25, 0.3) is 0 Å². The number of nitrogens with two attached hydrogens (primary N) is 1. The predicted octanol–water partition coefficient (Wildman–Crippen LogP) is 0.987. The number of hydrogen-bond donors (Lipinski definition) is 5. The fourth-order valence-corrected chi connectivity index (χ4v) is 6.49. The minimum absolute atomic E-state index is 0.0468. The van der Waals surface area contributed by atoms with E-state index in [1.54, 1.807) is 29.2 Å². The summed E-state index contributed by atoms with van der Waals surface area (Å²) in [5.41, 5.74) is 6.24.